The fraction of sp³-hybridized carbons (Fsp3) is 0.474. The Morgan fingerprint density at radius 2 is 1.65 bits per heavy atom. The van der Waals surface area contributed by atoms with Crippen molar-refractivity contribution in [3.8, 4) is 11.1 Å². The van der Waals surface area contributed by atoms with Crippen LogP contribution in [0.4, 0.5) is 5.69 Å². The molecular formula is C19H25NO3. The van der Waals surface area contributed by atoms with Crippen LogP contribution in [0.2, 0.25) is 0 Å². The molecule has 0 aromatic heterocycles. The molecule has 0 bridgehead atoms. The summed E-state index contributed by atoms with van der Waals surface area (Å²) in [5, 5.41) is 3.09. The highest BCUT2D eigenvalue weighted by molar-refractivity contribution is 5.81. The zero-order valence-corrected chi connectivity index (χ0v) is 14.3. The zero-order chi connectivity index (χ0) is 17.0. The van der Waals surface area contributed by atoms with Crippen molar-refractivity contribution in [3.63, 3.8) is 0 Å². The lowest BCUT2D eigenvalue weighted by Gasteiger charge is -2.14. The van der Waals surface area contributed by atoms with E-state index in [0.29, 0.717) is 30.3 Å². The molecular weight excluding hydrogens is 290 g/mol. The maximum Gasteiger partial charge on any atom is 0.250 e. The van der Waals surface area contributed by atoms with Crippen molar-refractivity contribution in [2.24, 2.45) is 0 Å². The Morgan fingerprint density at radius 3 is 2.22 bits per heavy atom. The predicted octanol–water partition coefficient (Wildman–Crippen LogP) is 3.30. The molecule has 1 N–H and O–H groups in total. The van der Waals surface area contributed by atoms with E-state index in [2.05, 4.69) is 19.2 Å². The Balaban J connectivity index is 2.05. The number of benzene rings is 1. The zero-order valence-electron chi connectivity index (χ0n) is 14.3. The normalized spacial score (nSPS) is 11.6. The quantitative estimate of drug-likeness (QED) is 0.600. The van der Waals surface area contributed by atoms with Crippen LogP contribution in [0.1, 0.15) is 45.6 Å². The largest absolute Gasteiger partial charge is 0.381 e. The summed E-state index contributed by atoms with van der Waals surface area (Å²) in [5.74, 6) is 0.440. The van der Waals surface area contributed by atoms with Gasteiger partial charge in [0.05, 0.1) is 17.4 Å². The van der Waals surface area contributed by atoms with E-state index >= 15 is 0 Å². The molecule has 0 aliphatic heterocycles. The summed E-state index contributed by atoms with van der Waals surface area (Å²) in [7, 11) is 0. The van der Waals surface area contributed by atoms with Crippen LogP contribution in [0.5, 0.6) is 0 Å². The third-order valence-corrected chi connectivity index (χ3v) is 3.85. The van der Waals surface area contributed by atoms with Crippen LogP contribution in [-0.2, 0) is 4.74 Å². The molecule has 0 aliphatic rings. The van der Waals surface area contributed by atoms with Crippen LogP contribution in [0.25, 0.3) is 11.1 Å². The topological polar surface area (TPSA) is 55.4 Å². The first kappa shape index (κ1) is 17.4. The second-order valence-corrected chi connectivity index (χ2v) is 6.38. The molecule has 0 aliphatic carbocycles. The van der Waals surface area contributed by atoms with Gasteiger partial charge in [-0.25, -0.2) is 0 Å². The van der Waals surface area contributed by atoms with Crippen molar-refractivity contribution in [3.05, 3.63) is 50.3 Å². The number of nitrogens with one attached hydrogen (secondary N) is 1. The molecule has 2 rings (SSSR count). The van der Waals surface area contributed by atoms with E-state index in [9.17, 15) is 9.59 Å². The van der Waals surface area contributed by atoms with Gasteiger partial charge >= 0.3 is 0 Å². The monoisotopic (exact) mass is 315 g/mol. The number of rotatable bonds is 8. The second-order valence-electron chi connectivity index (χ2n) is 6.38. The Morgan fingerprint density at radius 1 is 1.00 bits per heavy atom. The van der Waals surface area contributed by atoms with Crippen LogP contribution in [0, 0.1) is 0 Å². The highest BCUT2D eigenvalue weighted by Crippen LogP contribution is 2.25. The molecule has 0 amide bonds. The van der Waals surface area contributed by atoms with Crippen molar-refractivity contribution in [1.29, 1.82) is 0 Å². The Bertz CT molecular complexity index is 707. The van der Waals surface area contributed by atoms with E-state index in [4.69, 9.17) is 4.74 Å². The van der Waals surface area contributed by atoms with Gasteiger partial charge in [0, 0.05) is 13.2 Å². The number of hydrogen-bond acceptors (Lipinski definition) is 4. The van der Waals surface area contributed by atoms with Gasteiger partial charge in [-0.1, -0.05) is 38.1 Å². The van der Waals surface area contributed by atoms with Gasteiger partial charge < -0.3 is 10.1 Å². The summed E-state index contributed by atoms with van der Waals surface area (Å²) in [6.45, 7) is 9.48. The van der Waals surface area contributed by atoms with Gasteiger partial charge in [0.1, 0.15) is 0 Å². The minimum Gasteiger partial charge on any atom is -0.381 e. The van der Waals surface area contributed by atoms with Crippen molar-refractivity contribution in [1.82, 2.24) is 0 Å². The van der Waals surface area contributed by atoms with Crippen LogP contribution < -0.4 is 16.2 Å². The van der Waals surface area contributed by atoms with E-state index < -0.39 is 10.9 Å². The SMILES string of the molecule is CC(C)OCCCNc1c(-c2ccc(C(C)C)cc2)c(=O)c1=O. The van der Waals surface area contributed by atoms with Gasteiger partial charge in [0.25, 0.3) is 0 Å². The van der Waals surface area contributed by atoms with E-state index in [1.165, 1.54) is 5.56 Å². The summed E-state index contributed by atoms with van der Waals surface area (Å²) in [5.41, 5.74) is 2.15. The predicted molar refractivity (Wildman–Crippen MR) is 95.1 cm³/mol. The molecule has 0 unspecified atom stereocenters. The van der Waals surface area contributed by atoms with Gasteiger partial charge in [-0.05, 0) is 37.3 Å². The van der Waals surface area contributed by atoms with Crippen LogP contribution in [-0.4, -0.2) is 19.3 Å². The first-order valence-corrected chi connectivity index (χ1v) is 8.21. The minimum absolute atomic E-state index is 0.205. The molecule has 124 valence electrons. The average molecular weight is 315 g/mol. The standard InChI is InChI=1S/C19H25NO3/c1-12(2)14-6-8-15(9-7-14)16-17(19(22)18(16)21)20-10-5-11-23-13(3)4/h6-9,12-13,20H,5,10-11H2,1-4H3. The third-order valence-electron chi connectivity index (χ3n) is 3.85. The van der Waals surface area contributed by atoms with Crippen LogP contribution in [0.15, 0.2) is 33.9 Å². The number of anilines is 1. The van der Waals surface area contributed by atoms with Crippen molar-refractivity contribution >= 4 is 5.69 Å². The van der Waals surface area contributed by atoms with E-state index in [1.807, 2.05) is 38.1 Å². The van der Waals surface area contributed by atoms with Gasteiger partial charge in [0.15, 0.2) is 0 Å². The first-order chi connectivity index (χ1) is 10.9. The Hall–Kier alpha value is -1.94. The summed E-state index contributed by atoms with van der Waals surface area (Å²) < 4.78 is 5.46. The highest BCUT2D eigenvalue weighted by atomic mass is 16.5. The minimum atomic E-state index is -0.419. The molecule has 0 atom stereocenters. The van der Waals surface area contributed by atoms with Gasteiger partial charge in [0.2, 0.25) is 10.9 Å². The molecule has 0 fully saturated rings. The first-order valence-electron chi connectivity index (χ1n) is 8.21. The highest BCUT2D eigenvalue weighted by Gasteiger charge is 2.21. The number of hydrogen-bond donors (Lipinski definition) is 1. The average Bonchev–Trinajstić information content (AvgIpc) is 2.52. The van der Waals surface area contributed by atoms with Gasteiger partial charge in [-0.3, -0.25) is 9.59 Å². The van der Waals surface area contributed by atoms with E-state index in [0.717, 1.165) is 12.0 Å². The smallest absolute Gasteiger partial charge is 0.250 e. The lowest BCUT2D eigenvalue weighted by molar-refractivity contribution is 0.0787. The molecule has 0 saturated carbocycles. The summed E-state index contributed by atoms with van der Waals surface area (Å²) >= 11 is 0. The maximum atomic E-state index is 11.9. The molecule has 0 saturated heterocycles. The van der Waals surface area contributed by atoms with Gasteiger partial charge in [-0.15, -0.1) is 0 Å². The molecule has 0 heterocycles. The molecule has 4 nitrogen and oxygen atoms in total. The molecule has 23 heavy (non-hydrogen) atoms. The lowest BCUT2D eigenvalue weighted by Crippen LogP contribution is -2.36. The fourth-order valence-electron chi connectivity index (χ4n) is 2.48. The molecule has 0 spiro atoms. The Labute approximate surface area is 137 Å². The van der Waals surface area contributed by atoms with Crippen molar-refractivity contribution in [2.75, 3.05) is 18.5 Å². The number of ether oxygens (including phenoxy) is 1. The lowest BCUT2D eigenvalue weighted by atomic mass is 9.95. The Kier molecular flexibility index (Phi) is 5.72. The summed E-state index contributed by atoms with van der Waals surface area (Å²) in [4.78, 5) is 23.7. The van der Waals surface area contributed by atoms with Crippen LogP contribution >= 0.6 is 0 Å². The molecule has 4 heteroatoms. The van der Waals surface area contributed by atoms with Crippen LogP contribution in [0.3, 0.4) is 0 Å². The maximum absolute atomic E-state index is 11.9. The summed E-state index contributed by atoms with van der Waals surface area (Å²) in [6, 6.07) is 7.85. The van der Waals surface area contributed by atoms with Crippen molar-refractivity contribution < 1.29 is 4.74 Å². The molecule has 2 aromatic carbocycles. The van der Waals surface area contributed by atoms with E-state index in [-0.39, 0.29) is 6.10 Å². The summed E-state index contributed by atoms with van der Waals surface area (Å²) in [6.07, 6.45) is 0.999. The third kappa shape index (κ3) is 4.08. The molecule has 2 aromatic rings. The van der Waals surface area contributed by atoms with Crippen molar-refractivity contribution in [2.45, 2.75) is 46.1 Å². The second kappa shape index (κ2) is 7.55. The van der Waals surface area contributed by atoms with E-state index in [1.54, 1.807) is 0 Å². The fourth-order valence-corrected chi connectivity index (χ4v) is 2.48. The molecule has 0 radical (unpaired) electrons. The van der Waals surface area contributed by atoms with Gasteiger partial charge in [-0.2, -0.15) is 0 Å².